The van der Waals surface area contributed by atoms with Crippen molar-refractivity contribution < 1.29 is 24.2 Å². The Kier molecular flexibility index (Phi) is 8.09. The van der Waals surface area contributed by atoms with Crippen LogP contribution in [0.3, 0.4) is 0 Å². The summed E-state index contributed by atoms with van der Waals surface area (Å²) in [6.07, 6.45) is -0.0426. The van der Waals surface area contributed by atoms with E-state index in [9.17, 15) is 14.7 Å². The number of nitrogens with zero attached hydrogens (tertiary/aromatic N) is 1. The molecular weight excluding hydrogens is 384 g/mol. The van der Waals surface area contributed by atoms with Crippen molar-refractivity contribution in [1.82, 2.24) is 10.2 Å². The number of rotatable bonds is 6. The number of hydrogen-bond donors (Lipinski definition) is 2. The highest BCUT2D eigenvalue weighted by atomic mass is 16.6. The first kappa shape index (κ1) is 21.6. The molecule has 1 aliphatic rings. The smallest absolute Gasteiger partial charge is 0.410 e. The molecule has 2 atom stereocenters. The Morgan fingerprint density at radius 3 is 2.17 bits per heavy atom. The van der Waals surface area contributed by atoms with Gasteiger partial charge in [0.2, 0.25) is 0 Å². The van der Waals surface area contributed by atoms with E-state index in [1.54, 1.807) is 4.90 Å². The van der Waals surface area contributed by atoms with Crippen molar-refractivity contribution in [1.29, 1.82) is 0 Å². The van der Waals surface area contributed by atoms with Gasteiger partial charge in [-0.15, -0.1) is 0 Å². The first-order valence-electron chi connectivity index (χ1n) is 10.2. The Morgan fingerprint density at radius 1 is 0.933 bits per heavy atom. The van der Waals surface area contributed by atoms with Crippen LogP contribution in [0.2, 0.25) is 0 Å². The molecule has 7 nitrogen and oxygen atoms in total. The van der Waals surface area contributed by atoms with Crippen molar-refractivity contribution in [3.63, 3.8) is 0 Å². The maximum atomic E-state index is 12.3. The average molecular weight is 412 g/mol. The second-order valence-corrected chi connectivity index (χ2v) is 7.37. The molecule has 160 valence electrons. The zero-order chi connectivity index (χ0) is 21.2. The van der Waals surface area contributed by atoms with Crippen LogP contribution in [0.25, 0.3) is 0 Å². The van der Waals surface area contributed by atoms with Gasteiger partial charge in [0.15, 0.2) is 0 Å². The predicted octanol–water partition coefficient (Wildman–Crippen LogP) is 3.67. The summed E-state index contributed by atoms with van der Waals surface area (Å²) >= 11 is 0. The fourth-order valence-corrected chi connectivity index (χ4v) is 3.43. The molecule has 1 aliphatic heterocycles. The summed E-state index contributed by atoms with van der Waals surface area (Å²) < 4.78 is 10.6. The zero-order valence-electron chi connectivity index (χ0n) is 16.9. The van der Waals surface area contributed by atoms with Gasteiger partial charge in [0, 0.05) is 19.0 Å². The second kappa shape index (κ2) is 11.2. The lowest BCUT2D eigenvalue weighted by Crippen LogP contribution is -2.41. The third kappa shape index (κ3) is 6.77. The minimum Gasteiger partial charge on any atom is -0.445 e. The molecule has 2 aromatic carbocycles. The standard InChI is InChI=1S/C23H28N2O5/c26-21(24-22(27)29-16-18-8-3-1-4-9-18)20-12-7-14-25(15-13-20)23(28)30-17-19-10-5-2-6-11-19/h1-6,8-11,20-21,26H,7,12-17H2,(H,24,27). The average Bonchev–Trinajstić information content (AvgIpc) is 3.04. The number of ether oxygens (including phenoxy) is 2. The predicted molar refractivity (Wildman–Crippen MR) is 111 cm³/mol. The Morgan fingerprint density at radius 2 is 1.53 bits per heavy atom. The molecule has 2 aromatic rings. The highest BCUT2D eigenvalue weighted by molar-refractivity contribution is 5.68. The van der Waals surface area contributed by atoms with Crippen LogP contribution in [0, 0.1) is 5.92 Å². The molecule has 0 radical (unpaired) electrons. The van der Waals surface area contributed by atoms with Crippen LogP contribution < -0.4 is 5.32 Å². The summed E-state index contributed by atoms with van der Waals surface area (Å²) in [6.45, 7) is 1.41. The lowest BCUT2D eigenvalue weighted by Gasteiger charge is -2.23. The fraction of sp³-hybridized carbons (Fsp3) is 0.391. The van der Waals surface area contributed by atoms with E-state index in [4.69, 9.17) is 9.47 Å². The van der Waals surface area contributed by atoms with Gasteiger partial charge < -0.3 is 19.5 Å². The maximum Gasteiger partial charge on any atom is 0.410 e. The molecule has 0 bridgehead atoms. The van der Waals surface area contributed by atoms with E-state index in [0.717, 1.165) is 17.5 Å². The summed E-state index contributed by atoms with van der Waals surface area (Å²) in [6, 6.07) is 18.9. The third-order valence-corrected chi connectivity index (χ3v) is 5.16. The van der Waals surface area contributed by atoms with E-state index >= 15 is 0 Å². The molecule has 1 fully saturated rings. The molecule has 2 amide bonds. The van der Waals surface area contributed by atoms with Crippen molar-refractivity contribution in [2.24, 2.45) is 5.92 Å². The molecular formula is C23H28N2O5. The monoisotopic (exact) mass is 412 g/mol. The van der Waals surface area contributed by atoms with Crippen molar-refractivity contribution >= 4 is 12.2 Å². The largest absolute Gasteiger partial charge is 0.445 e. The summed E-state index contributed by atoms with van der Waals surface area (Å²) in [4.78, 5) is 26.0. The topological polar surface area (TPSA) is 88.1 Å². The Bertz CT molecular complexity index is 800. The number of nitrogens with one attached hydrogen (secondary N) is 1. The van der Waals surface area contributed by atoms with Crippen LogP contribution in [0.4, 0.5) is 9.59 Å². The highest BCUT2D eigenvalue weighted by Crippen LogP contribution is 2.21. The van der Waals surface area contributed by atoms with E-state index in [0.29, 0.717) is 25.9 Å². The van der Waals surface area contributed by atoms with Crippen LogP contribution in [0.5, 0.6) is 0 Å². The van der Waals surface area contributed by atoms with E-state index < -0.39 is 12.3 Å². The summed E-state index contributed by atoms with van der Waals surface area (Å²) in [7, 11) is 0. The number of carbonyl (C=O) groups excluding carboxylic acids is 2. The lowest BCUT2D eigenvalue weighted by atomic mass is 9.99. The van der Waals surface area contributed by atoms with Crippen molar-refractivity contribution in [3.8, 4) is 0 Å². The number of benzene rings is 2. The number of likely N-dealkylation sites (tertiary alicyclic amines) is 1. The van der Waals surface area contributed by atoms with Crippen LogP contribution in [0.1, 0.15) is 30.4 Å². The minimum atomic E-state index is -1.02. The lowest BCUT2D eigenvalue weighted by molar-refractivity contribution is 0.0525. The molecule has 0 aromatic heterocycles. The van der Waals surface area contributed by atoms with Gasteiger partial charge >= 0.3 is 12.2 Å². The Hall–Kier alpha value is -3.06. The molecule has 1 heterocycles. The number of alkyl carbamates (subject to hydrolysis) is 1. The van der Waals surface area contributed by atoms with Crippen molar-refractivity contribution in [2.45, 2.75) is 38.7 Å². The maximum absolute atomic E-state index is 12.3. The van der Waals surface area contributed by atoms with Crippen molar-refractivity contribution in [2.75, 3.05) is 13.1 Å². The summed E-state index contributed by atoms with van der Waals surface area (Å²) in [5.41, 5.74) is 1.81. The van der Waals surface area contributed by atoms with Crippen LogP contribution >= 0.6 is 0 Å². The second-order valence-electron chi connectivity index (χ2n) is 7.37. The van der Waals surface area contributed by atoms with E-state index in [-0.39, 0.29) is 25.2 Å². The SMILES string of the molecule is O=C(NC(O)C1CCCN(C(=O)OCc2ccccc2)CC1)OCc1ccccc1. The van der Waals surface area contributed by atoms with Gasteiger partial charge in [-0.05, 0) is 30.4 Å². The van der Waals surface area contributed by atoms with Gasteiger partial charge in [0.1, 0.15) is 19.4 Å². The van der Waals surface area contributed by atoms with E-state index in [1.165, 1.54) is 0 Å². The molecule has 3 rings (SSSR count). The van der Waals surface area contributed by atoms with Gasteiger partial charge in [-0.3, -0.25) is 5.32 Å². The van der Waals surface area contributed by atoms with Gasteiger partial charge in [-0.25, -0.2) is 9.59 Å². The number of amides is 2. The summed E-state index contributed by atoms with van der Waals surface area (Å²) in [5, 5.41) is 12.9. The summed E-state index contributed by atoms with van der Waals surface area (Å²) in [5.74, 6) is -0.152. The number of carbonyl (C=O) groups is 2. The van der Waals surface area contributed by atoms with Crippen LogP contribution in [-0.4, -0.2) is 41.5 Å². The molecule has 0 spiro atoms. The van der Waals surface area contributed by atoms with E-state index in [1.807, 2.05) is 60.7 Å². The zero-order valence-corrected chi connectivity index (χ0v) is 16.9. The van der Waals surface area contributed by atoms with Crippen molar-refractivity contribution in [3.05, 3.63) is 71.8 Å². The van der Waals surface area contributed by atoms with Gasteiger partial charge in [-0.2, -0.15) is 0 Å². The molecule has 2 N–H and O–H groups in total. The molecule has 1 saturated heterocycles. The van der Waals surface area contributed by atoms with Gasteiger partial charge in [-0.1, -0.05) is 60.7 Å². The third-order valence-electron chi connectivity index (χ3n) is 5.16. The quantitative estimate of drug-likeness (QED) is 0.707. The first-order chi connectivity index (χ1) is 14.6. The highest BCUT2D eigenvalue weighted by Gasteiger charge is 2.27. The molecule has 0 aliphatic carbocycles. The Labute approximate surface area is 176 Å². The fourth-order valence-electron chi connectivity index (χ4n) is 3.43. The minimum absolute atomic E-state index is 0.144. The molecule has 0 saturated carbocycles. The Balaban J connectivity index is 1.40. The number of aliphatic hydroxyl groups is 1. The molecule has 30 heavy (non-hydrogen) atoms. The molecule has 2 unspecified atom stereocenters. The normalized spacial score (nSPS) is 17.5. The van der Waals surface area contributed by atoms with Crippen LogP contribution in [0.15, 0.2) is 60.7 Å². The van der Waals surface area contributed by atoms with E-state index in [2.05, 4.69) is 5.32 Å². The number of aliphatic hydroxyl groups excluding tert-OH is 1. The molecule has 7 heteroatoms. The van der Waals surface area contributed by atoms with Gasteiger partial charge in [0.05, 0.1) is 0 Å². The van der Waals surface area contributed by atoms with Crippen LogP contribution in [-0.2, 0) is 22.7 Å². The first-order valence-corrected chi connectivity index (χ1v) is 10.2. The van der Waals surface area contributed by atoms with Gasteiger partial charge in [0.25, 0.3) is 0 Å². The number of hydrogen-bond acceptors (Lipinski definition) is 5.